The number of pyridine rings is 2. The molecule has 2 aromatic rings. The Labute approximate surface area is 141 Å². The van der Waals surface area contributed by atoms with Crippen LogP contribution in [0.4, 0.5) is 16.3 Å². The van der Waals surface area contributed by atoms with Crippen molar-refractivity contribution >= 4 is 17.6 Å². The lowest BCUT2D eigenvalue weighted by molar-refractivity contribution is 0.189. The third-order valence-corrected chi connectivity index (χ3v) is 3.11. The fourth-order valence-corrected chi connectivity index (χ4v) is 1.97. The second-order valence-electron chi connectivity index (χ2n) is 6.50. The van der Waals surface area contributed by atoms with Gasteiger partial charge in [0.15, 0.2) is 5.82 Å². The van der Waals surface area contributed by atoms with Crippen LogP contribution in [0.5, 0.6) is 5.88 Å². The number of aromatic nitrogens is 2. The minimum atomic E-state index is -0.564. The standard InChI is InChI=1S/C17H23N5O2/c1-11(12-6-5-9-19-10-12)20-15-13(18)7-8-14(21-15)24-16(23)22-17(2,3)4/h5-11H,18H2,1-4H3,(H,20,21)(H,22,23). The van der Waals surface area contributed by atoms with Crippen molar-refractivity contribution in [3.63, 3.8) is 0 Å². The van der Waals surface area contributed by atoms with Crippen molar-refractivity contribution < 1.29 is 9.53 Å². The number of hydrogen-bond acceptors (Lipinski definition) is 6. The lowest BCUT2D eigenvalue weighted by Gasteiger charge is -2.20. The molecule has 7 heteroatoms. The van der Waals surface area contributed by atoms with Crippen molar-refractivity contribution in [3.8, 4) is 5.88 Å². The molecular formula is C17H23N5O2. The molecule has 7 nitrogen and oxygen atoms in total. The molecule has 0 fully saturated rings. The zero-order valence-corrected chi connectivity index (χ0v) is 14.3. The fourth-order valence-electron chi connectivity index (χ4n) is 1.97. The van der Waals surface area contributed by atoms with E-state index in [4.69, 9.17) is 10.5 Å². The molecule has 0 aliphatic carbocycles. The lowest BCUT2D eigenvalue weighted by Crippen LogP contribution is -2.42. The third kappa shape index (κ3) is 5.12. The van der Waals surface area contributed by atoms with Gasteiger partial charge in [0.25, 0.3) is 0 Å². The van der Waals surface area contributed by atoms with Crippen molar-refractivity contribution in [2.75, 3.05) is 11.1 Å². The number of nitrogens with zero attached hydrogens (tertiary/aromatic N) is 2. The Kier molecular flexibility index (Phi) is 5.23. The Bertz CT molecular complexity index is 698. The molecule has 0 aliphatic heterocycles. The van der Waals surface area contributed by atoms with Crippen LogP contribution in [0.15, 0.2) is 36.7 Å². The van der Waals surface area contributed by atoms with E-state index in [1.807, 2.05) is 39.8 Å². The van der Waals surface area contributed by atoms with Crippen LogP contribution in [0.3, 0.4) is 0 Å². The number of rotatable bonds is 4. The molecule has 0 radical (unpaired) electrons. The van der Waals surface area contributed by atoms with E-state index in [9.17, 15) is 4.79 Å². The van der Waals surface area contributed by atoms with Gasteiger partial charge in [-0.25, -0.2) is 4.79 Å². The SMILES string of the molecule is CC(Nc1nc(OC(=O)NC(C)(C)C)ccc1N)c1cccnc1. The zero-order valence-electron chi connectivity index (χ0n) is 14.3. The number of amides is 1. The monoisotopic (exact) mass is 329 g/mol. The molecule has 1 atom stereocenters. The first-order valence-corrected chi connectivity index (χ1v) is 7.67. The third-order valence-electron chi connectivity index (χ3n) is 3.11. The predicted octanol–water partition coefficient (Wildman–Crippen LogP) is 3.12. The second-order valence-corrected chi connectivity index (χ2v) is 6.50. The van der Waals surface area contributed by atoms with Crippen LogP contribution in [0.25, 0.3) is 0 Å². The van der Waals surface area contributed by atoms with Gasteiger partial charge in [-0.1, -0.05) is 6.07 Å². The van der Waals surface area contributed by atoms with Crippen LogP contribution in [-0.2, 0) is 0 Å². The predicted molar refractivity (Wildman–Crippen MR) is 93.8 cm³/mol. The quantitative estimate of drug-likeness (QED) is 0.796. The number of nitrogen functional groups attached to an aromatic ring is 1. The first kappa shape index (κ1) is 17.5. The van der Waals surface area contributed by atoms with Crippen LogP contribution in [0.2, 0.25) is 0 Å². The molecule has 4 N–H and O–H groups in total. The van der Waals surface area contributed by atoms with Crippen molar-refractivity contribution in [2.45, 2.75) is 39.3 Å². The summed E-state index contributed by atoms with van der Waals surface area (Å²) >= 11 is 0. The Morgan fingerprint density at radius 1 is 1.29 bits per heavy atom. The second kappa shape index (κ2) is 7.16. The van der Waals surface area contributed by atoms with Crippen LogP contribution in [-0.4, -0.2) is 21.6 Å². The molecule has 0 aliphatic rings. The summed E-state index contributed by atoms with van der Waals surface area (Å²) < 4.78 is 5.20. The molecule has 1 unspecified atom stereocenters. The molecule has 2 heterocycles. The Balaban J connectivity index is 2.10. The Hall–Kier alpha value is -2.83. The van der Waals surface area contributed by atoms with Crippen LogP contribution in [0.1, 0.15) is 39.3 Å². The van der Waals surface area contributed by atoms with Gasteiger partial charge < -0.3 is 21.1 Å². The fraction of sp³-hybridized carbons (Fsp3) is 0.353. The molecule has 0 saturated heterocycles. The molecule has 2 rings (SSSR count). The van der Waals surface area contributed by atoms with Crippen molar-refractivity contribution in [3.05, 3.63) is 42.2 Å². The van der Waals surface area contributed by atoms with Gasteiger partial charge >= 0.3 is 6.09 Å². The summed E-state index contributed by atoms with van der Waals surface area (Å²) in [6.45, 7) is 7.58. The summed E-state index contributed by atoms with van der Waals surface area (Å²) in [6.07, 6.45) is 2.92. The number of nitrogens with two attached hydrogens (primary N) is 1. The lowest BCUT2D eigenvalue weighted by atomic mass is 10.1. The van der Waals surface area contributed by atoms with E-state index in [2.05, 4.69) is 20.6 Å². The summed E-state index contributed by atoms with van der Waals surface area (Å²) in [7, 11) is 0. The molecular weight excluding hydrogens is 306 g/mol. The molecule has 0 saturated carbocycles. The number of carbonyl (C=O) groups excluding carboxylic acids is 1. The molecule has 128 valence electrons. The van der Waals surface area contributed by atoms with E-state index in [1.165, 1.54) is 0 Å². The van der Waals surface area contributed by atoms with Crippen molar-refractivity contribution in [1.29, 1.82) is 0 Å². The van der Waals surface area contributed by atoms with Crippen molar-refractivity contribution in [1.82, 2.24) is 15.3 Å². The van der Waals surface area contributed by atoms with Gasteiger partial charge in [0.1, 0.15) is 0 Å². The van der Waals surface area contributed by atoms with Gasteiger partial charge in [-0.15, -0.1) is 0 Å². The average molecular weight is 329 g/mol. The summed E-state index contributed by atoms with van der Waals surface area (Å²) in [5.74, 6) is 0.624. The van der Waals surface area contributed by atoms with E-state index in [-0.39, 0.29) is 17.5 Å². The zero-order chi connectivity index (χ0) is 17.7. The summed E-state index contributed by atoms with van der Waals surface area (Å²) in [4.78, 5) is 20.2. The Morgan fingerprint density at radius 3 is 2.67 bits per heavy atom. The highest BCUT2D eigenvalue weighted by Gasteiger charge is 2.16. The summed E-state index contributed by atoms with van der Waals surface area (Å²) in [5, 5.41) is 5.91. The van der Waals surface area contributed by atoms with E-state index in [1.54, 1.807) is 24.5 Å². The molecule has 24 heavy (non-hydrogen) atoms. The Morgan fingerprint density at radius 2 is 2.04 bits per heavy atom. The first-order valence-electron chi connectivity index (χ1n) is 7.67. The maximum absolute atomic E-state index is 11.8. The van der Waals surface area contributed by atoms with Gasteiger partial charge in [0.2, 0.25) is 5.88 Å². The number of nitrogens with one attached hydrogen (secondary N) is 2. The highest BCUT2D eigenvalue weighted by molar-refractivity contribution is 5.71. The number of hydrogen-bond donors (Lipinski definition) is 3. The molecule has 0 bridgehead atoms. The molecule has 1 amide bonds. The van der Waals surface area contributed by atoms with Gasteiger partial charge in [-0.05, 0) is 45.4 Å². The summed E-state index contributed by atoms with van der Waals surface area (Å²) in [6, 6.07) is 6.97. The average Bonchev–Trinajstić information content (AvgIpc) is 2.49. The minimum absolute atomic E-state index is 0.0489. The van der Waals surface area contributed by atoms with Crippen LogP contribution < -0.4 is 21.1 Å². The van der Waals surface area contributed by atoms with E-state index in [0.717, 1.165) is 5.56 Å². The van der Waals surface area contributed by atoms with E-state index < -0.39 is 6.09 Å². The normalized spacial score (nSPS) is 12.3. The maximum atomic E-state index is 11.8. The van der Waals surface area contributed by atoms with E-state index >= 15 is 0 Å². The topological polar surface area (TPSA) is 102 Å². The van der Waals surface area contributed by atoms with Gasteiger partial charge in [0.05, 0.1) is 11.7 Å². The minimum Gasteiger partial charge on any atom is -0.396 e. The molecule has 0 spiro atoms. The van der Waals surface area contributed by atoms with Crippen LogP contribution in [0, 0.1) is 0 Å². The highest BCUT2D eigenvalue weighted by Crippen LogP contribution is 2.24. The van der Waals surface area contributed by atoms with E-state index in [0.29, 0.717) is 11.5 Å². The van der Waals surface area contributed by atoms with Crippen molar-refractivity contribution in [2.24, 2.45) is 0 Å². The molecule has 0 aromatic carbocycles. The van der Waals surface area contributed by atoms with Gasteiger partial charge in [-0.2, -0.15) is 4.98 Å². The number of ether oxygens (including phenoxy) is 1. The maximum Gasteiger partial charge on any atom is 0.414 e. The number of carbonyl (C=O) groups is 1. The smallest absolute Gasteiger partial charge is 0.396 e. The van der Waals surface area contributed by atoms with Gasteiger partial charge in [-0.3, -0.25) is 4.98 Å². The highest BCUT2D eigenvalue weighted by atomic mass is 16.6. The van der Waals surface area contributed by atoms with Crippen LogP contribution >= 0.6 is 0 Å². The number of anilines is 2. The van der Waals surface area contributed by atoms with Gasteiger partial charge in [0, 0.05) is 24.0 Å². The molecule has 2 aromatic heterocycles. The largest absolute Gasteiger partial charge is 0.414 e. The first-order chi connectivity index (χ1) is 11.2. The summed E-state index contributed by atoms with van der Waals surface area (Å²) in [5.41, 5.74) is 7.03.